The van der Waals surface area contributed by atoms with Gasteiger partial charge in [0.2, 0.25) is 5.91 Å². The standard InChI is InChI=1S/C21H23N5O3/c1-4-18(27)25-6-5-14(10-25)26-11-17(19-20(22)23-12-24-21(19)26)13-7-15(28-2)9-16(8-13)29-3/h4,7-9,11-12,14H,1,5-6,10H2,2-3H3,(H2,22,23,24)/t14-/m0/s1. The summed E-state index contributed by atoms with van der Waals surface area (Å²) in [4.78, 5) is 22.5. The molecule has 3 heterocycles. The van der Waals surface area contributed by atoms with Crippen molar-refractivity contribution in [2.24, 2.45) is 0 Å². The van der Waals surface area contributed by atoms with Crippen LogP contribution in [0.15, 0.2) is 43.4 Å². The number of nitrogen functional groups attached to an aromatic ring is 1. The number of ether oxygens (including phenoxy) is 2. The van der Waals surface area contributed by atoms with Gasteiger partial charge in [-0.2, -0.15) is 0 Å². The van der Waals surface area contributed by atoms with Gasteiger partial charge in [0.1, 0.15) is 29.3 Å². The molecule has 4 rings (SSSR count). The molecule has 1 aliphatic rings. The van der Waals surface area contributed by atoms with Crippen molar-refractivity contribution in [3.63, 3.8) is 0 Å². The molecule has 1 saturated heterocycles. The lowest BCUT2D eigenvalue weighted by molar-refractivity contribution is -0.125. The Morgan fingerprint density at radius 2 is 1.97 bits per heavy atom. The lowest BCUT2D eigenvalue weighted by Crippen LogP contribution is -2.27. The minimum atomic E-state index is -0.0594. The average Bonchev–Trinajstić information content (AvgIpc) is 3.38. The number of carbonyl (C=O) groups excluding carboxylic acids is 1. The molecule has 0 saturated carbocycles. The van der Waals surface area contributed by atoms with E-state index in [2.05, 4.69) is 21.1 Å². The summed E-state index contributed by atoms with van der Waals surface area (Å²) in [6.45, 7) is 4.86. The first-order valence-electron chi connectivity index (χ1n) is 9.31. The number of carbonyl (C=O) groups is 1. The fraction of sp³-hybridized carbons (Fsp3) is 0.286. The van der Waals surface area contributed by atoms with Crippen LogP contribution in [0.1, 0.15) is 12.5 Å². The van der Waals surface area contributed by atoms with Crippen molar-refractivity contribution in [3.8, 4) is 22.6 Å². The van der Waals surface area contributed by atoms with Crippen LogP contribution in [-0.2, 0) is 4.79 Å². The van der Waals surface area contributed by atoms with E-state index in [1.807, 2.05) is 24.4 Å². The van der Waals surface area contributed by atoms with Gasteiger partial charge in [-0.1, -0.05) is 6.58 Å². The number of amides is 1. The van der Waals surface area contributed by atoms with Gasteiger partial charge in [0.05, 0.1) is 25.6 Å². The summed E-state index contributed by atoms with van der Waals surface area (Å²) >= 11 is 0. The van der Waals surface area contributed by atoms with Crippen molar-refractivity contribution < 1.29 is 14.3 Å². The van der Waals surface area contributed by atoms with Crippen LogP contribution in [0.25, 0.3) is 22.2 Å². The number of aromatic nitrogens is 3. The van der Waals surface area contributed by atoms with Gasteiger partial charge in [0, 0.05) is 30.9 Å². The quantitative estimate of drug-likeness (QED) is 0.670. The van der Waals surface area contributed by atoms with Gasteiger partial charge in [0.25, 0.3) is 0 Å². The number of hydrogen-bond donors (Lipinski definition) is 1. The molecule has 0 unspecified atom stereocenters. The van der Waals surface area contributed by atoms with E-state index in [0.717, 1.165) is 28.6 Å². The first-order chi connectivity index (χ1) is 14.0. The molecule has 2 aromatic heterocycles. The number of likely N-dealkylation sites (tertiary alicyclic amines) is 1. The molecule has 8 heteroatoms. The van der Waals surface area contributed by atoms with Crippen LogP contribution >= 0.6 is 0 Å². The van der Waals surface area contributed by atoms with Crippen molar-refractivity contribution in [1.29, 1.82) is 0 Å². The summed E-state index contributed by atoms with van der Waals surface area (Å²) in [5, 5.41) is 0.774. The molecule has 1 amide bonds. The predicted octanol–water partition coefficient (Wildman–Crippen LogP) is 2.66. The number of nitrogens with two attached hydrogens (primary N) is 1. The number of rotatable bonds is 5. The Bertz CT molecular complexity index is 1070. The molecule has 2 N–H and O–H groups in total. The van der Waals surface area contributed by atoms with E-state index in [1.165, 1.54) is 12.4 Å². The summed E-state index contributed by atoms with van der Waals surface area (Å²) in [6.07, 6.45) is 5.67. The molecule has 1 atom stereocenters. The number of methoxy groups -OCH3 is 2. The fourth-order valence-corrected chi connectivity index (χ4v) is 3.87. The van der Waals surface area contributed by atoms with E-state index in [4.69, 9.17) is 15.2 Å². The number of anilines is 1. The van der Waals surface area contributed by atoms with Crippen LogP contribution in [0.2, 0.25) is 0 Å². The highest BCUT2D eigenvalue weighted by Gasteiger charge is 2.29. The molecule has 8 nitrogen and oxygen atoms in total. The van der Waals surface area contributed by atoms with Crippen molar-refractivity contribution in [1.82, 2.24) is 19.4 Å². The van der Waals surface area contributed by atoms with E-state index in [9.17, 15) is 4.79 Å². The zero-order valence-electron chi connectivity index (χ0n) is 16.5. The van der Waals surface area contributed by atoms with E-state index in [-0.39, 0.29) is 11.9 Å². The highest BCUT2D eigenvalue weighted by atomic mass is 16.5. The first kappa shape index (κ1) is 18.8. The molecule has 150 valence electrons. The van der Waals surface area contributed by atoms with Crippen molar-refractivity contribution in [2.45, 2.75) is 12.5 Å². The number of hydrogen-bond acceptors (Lipinski definition) is 6. The molecule has 0 aliphatic carbocycles. The maximum atomic E-state index is 12.0. The molecule has 0 spiro atoms. The van der Waals surface area contributed by atoms with Crippen LogP contribution in [-0.4, -0.2) is 52.7 Å². The Balaban J connectivity index is 1.85. The summed E-state index contributed by atoms with van der Waals surface area (Å²) in [5.41, 5.74) is 8.77. The molecule has 1 aromatic carbocycles. The van der Waals surface area contributed by atoms with Crippen molar-refractivity contribution >= 4 is 22.8 Å². The largest absolute Gasteiger partial charge is 0.497 e. The lowest BCUT2D eigenvalue weighted by Gasteiger charge is -2.15. The molecular formula is C21H23N5O3. The fourth-order valence-electron chi connectivity index (χ4n) is 3.87. The SMILES string of the molecule is C=CC(=O)N1CC[C@H](n2cc(-c3cc(OC)cc(OC)c3)c3c(N)ncnc32)C1. The van der Waals surface area contributed by atoms with Crippen molar-refractivity contribution in [3.05, 3.63) is 43.4 Å². The summed E-state index contributed by atoms with van der Waals surface area (Å²) in [6, 6.07) is 5.77. The van der Waals surface area contributed by atoms with Gasteiger partial charge in [-0.25, -0.2) is 9.97 Å². The topological polar surface area (TPSA) is 95.5 Å². The third-order valence-corrected chi connectivity index (χ3v) is 5.34. The molecule has 29 heavy (non-hydrogen) atoms. The second-order valence-electron chi connectivity index (χ2n) is 6.94. The maximum Gasteiger partial charge on any atom is 0.246 e. The Morgan fingerprint density at radius 3 is 2.62 bits per heavy atom. The highest BCUT2D eigenvalue weighted by molar-refractivity contribution is 6.01. The van der Waals surface area contributed by atoms with E-state index in [0.29, 0.717) is 30.4 Å². The molecule has 0 radical (unpaired) electrons. The van der Waals surface area contributed by atoms with Crippen LogP contribution in [0.4, 0.5) is 5.82 Å². The summed E-state index contributed by atoms with van der Waals surface area (Å²) < 4.78 is 12.9. The Hall–Kier alpha value is -3.55. The van der Waals surface area contributed by atoms with Gasteiger partial charge in [-0.15, -0.1) is 0 Å². The second kappa shape index (κ2) is 7.46. The first-order valence-corrected chi connectivity index (χ1v) is 9.31. The molecular weight excluding hydrogens is 370 g/mol. The van der Waals surface area contributed by atoms with E-state index in [1.54, 1.807) is 19.1 Å². The van der Waals surface area contributed by atoms with Gasteiger partial charge in [-0.05, 0) is 30.2 Å². The van der Waals surface area contributed by atoms with Crippen LogP contribution in [0.5, 0.6) is 11.5 Å². The number of benzene rings is 1. The third kappa shape index (κ3) is 3.26. The number of nitrogens with zero attached hydrogens (tertiary/aromatic N) is 4. The van der Waals surface area contributed by atoms with E-state index >= 15 is 0 Å². The summed E-state index contributed by atoms with van der Waals surface area (Å²) in [5.74, 6) is 1.71. The molecule has 1 aliphatic heterocycles. The zero-order chi connectivity index (χ0) is 20.5. The highest BCUT2D eigenvalue weighted by Crippen LogP contribution is 2.38. The Kier molecular flexibility index (Phi) is 4.84. The smallest absolute Gasteiger partial charge is 0.246 e. The van der Waals surface area contributed by atoms with E-state index < -0.39 is 0 Å². The zero-order valence-corrected chi connectivity index (χ0v) is 16.5. The van der Waals surface area contributed by atoms with Crippen LogP contribution < -0.4 is 15.2 Å². The average molecular weight is 393 g/mol. The normalized spacial score (nSPS) is 16.2. The number of fused-ring (bicyclic) bond motifs is 1. The molecule has 0 bridgehead atoms. The van der Waals surface area contributed by atoms with Gasteiger partial charge in [0.15, 0.2) is 0 Å². The summed E-state index contributed by atoms with van der Waals surface area (Å²) in [7, 11) is 3.23. The lowest BCUT2D eigenvalue weighted by atomic mass is 10.1. The predicted molar refractivity (Wildman–Crippen MR) is 111 cm³/mol. The molecule has 1 fully saturated rings. The van der Waals surface area contributed by atoms with Gasteiger partial charge >= 0.3 is 0 Å². The second-order valence-corrected chi connectivity index (χ2v) is 6.94. The maximum absolute atomic E-state index is 12.0. The van der Waals surface area contributed by atoms with Gasteiger partial charge in [-0.3, -0.25) is 4.79 Å². The molecule has 3 aromatic rings. The van der Waals surface area contributed by atoms with Crippen molar-refractivity contribution in [2.75, 3.05) is 33.0 Å². The van der Waals surface area contributed by atoms with Crippen LogP contribution in [0.3, 0.4) is 0 Å². The monoisotopic (exact) mass is 393 g/mol. The van der Waals surface area contributed by atoms with Crippen LogP contribution in [0, 0.1) is 0 Å². The Morgan fingerprint density at radius 1 is 1.24 bits per heavy atom. The third-order valence-electron chi connectivity index (χ3n) is 5.34. The van der Waals surface area contributed by atoms with Gasteiger partial charge < -0.3 is 24.7 Å². The minimum Gasteiger partial charge on any atom is -0.497 e. The Labute approximate surface area is 168 Å². The minimum absolute atomic E-state index is 0.0594.